The number of benzene rings is 2. The molecule has 0 N–H and O–H groups in total. The first-order chi connectivity index (χ1) is 11.1. The fraction of sp³-hybridized carbons (Fsp3) is 0.316. The van der Waals surface area contributed by atoms with Crippen LogP contribution in [0.4, 0.5) is 11.4 Å². The van der Waals surface area contributed by atoms with Crippen LogP contribution in [0.3, 0.4) is 0 Å². The topological polar surface area (TPSA) is 30.3 Å². The van der Waals surface area contributed by atoms with Crippen molar-refractivity contribution in [1.82, 2.24) is 4.90 Å². The van der Waals surface area contributed by atoms with Crippen LogP contribution in [0.15, 0.2) is 52.3 Å². The van der Waals surface area contributed by atoms with Crippen LogP contribution >= 0.6 is 11.8 Å². The average molecular weight is 323 g/mol. The van der Waals surface area contributed by atoms with Crippen LogP contribution in [0.5, 0.6) is 0 Å². The molecule has 0 spiro atoms. The molecule has 0 bridgehead atoms. The Morgan fingerprint density at radius 1 is 1.13 bits per heavy atom. The van der Waals surface area contributed by atoms with Gasteiger partial charge in [-0.2, -0.15) is 5.26 Å². The molecule has 2 aromatic carbocycles. The number of anilines is 2. The van der Waals surface area contributed by atoms with Gasteiger partial charge < -0.3 is 9.80 Å². The Kier molecular flexibility index (Phi) is 4.61. The molecule has 0 radical (unpaired) electrons. The minimum absolute atomic E-state index is 0.528. The second-order valence-electron chi connectivity index (χ2n) is 6.34. The van der Waals surface area contributed by atoms with Gasteiger partial charge in [0.1, 0.15) is 0 Å². The average Bonchev–Trinajstić information content (AvgIpc) is 2.53. The summed E-state index contributed by atoms with van der Waals surface area (Å²) in [6, 6.07) is 16.8. The third kappa shape index (κ3) is 3.36. The second-order valence-corrected chi connectivity index (χ2v) is 7.43. The Bertz CT molecular complexity index is 749. The lowest BCUT2D eigenvalue weighted by Gasteiger charge is -2.35. The number of para-hydroxylation sites is 1. The summed E-state index contributed by atoms with van der Waals surface area (Å²) in [6.45, 7) is 4.26. The Balaban J connectivity index is 2.01. The summed E-state index contributed by atoms with van der Waals surface area (Å²) in [5, 5.41) is 9.24. The Morgan fingerprint density at radius 2 is 1.87 bits per heavy atom. The second kappa shape index (κ2) is 6.66. The maximum absolute atomic E-state index is 9.24. The number of nitriles is 1. The molecule has 0 unspecified atom stereocenters. The fourth-order valence-electron chi connectivity index (χ4n) is 3.09. The standard InChI is InChI=1S/C19H21N3S/c1-14(12-21(2)3)13-22-16-6-4-5-7-18(16)23-19-9-8-15(11-20)10-17(19)22/h4-10,14H,12-13H2,1-3H3/t14-/m1/s1. The van der Waals surface area contributed by atoms with E-state index >= 15 is 0 Å². The van der Waals surface area contributed by atoms with Crippen molar-refractivity contribution < 1.29 is 0 Å². The Labute approximate surface area is 142 Å². The molecule has 1 atom stereocenters. The summed E-state index contributed by atoms with van der Waals surface area (Å²) >= 11 is 1.78. The molecular formula is C19H21N3S. The largest absolute Gasteiger partial charge is 0.339 e. The van der Waals surface area contributed by atoms with Crippen molar-refractivity contribution in [2.75, 3.05) is 32.1 Å². The third-order valence-electron chi connectivity index (χ3n) is 3.93. The molecule has 118 valence electrons. The molecule has 23 heavy (non-hydrogen) atoms. The zero-order valence-electron chi connectivity index (χ0n) is 13.8. The van der Waals surface area contributed by atoms with Crippen LogP contribution < -0.4 is 4.90 Å². The SMILES string of the molecule is C[C@H](CN(C)C)CN1c2ccccc2Sc2ccc(C#N)cc21. The normalized spacial score (nSPS) is 14.1. The fourth-order valence-corrected chi connectivity index (χ4v) is 4.16. The zero-order valence-corrected chi connectivity index (χ0v) is 14.6. The van der Waals surface area contributed by atoms with Gasteiger partial charge in [-0.25, -0.2) is 0 Å². The van der Waals surface area contributed by atoms with Gasteiger partial charge >= 0.3 is 0 Å². The first kappa shape index (κ1) is 15.9. The first-order valence-electron chi connectivity index (χ1n) is 7.82. The summed E-state index contributed by atoms with van der Waals surface area (Å²) in [6.07, 6.45) is 0. The molecule has 0 amide bonds. The van der Waals surface area contributed by atoms with Gasteiger partial charge in [0.2, 0.25) is 0 Å². The van der Waals surface area contributed by atoms with Crippen molar-refractivity contribution >= 4 is 23.1 Å². The van der Waals surface area contributed by atoms with Gasteiger partial charge in [0.15, 0.2) is 0 Å². The van der Waals surface area contributed by atoms with Crippen molar-refractivity contribution in [3.63, 3.8) is 0 Å². The van der Waals surface area contributed by atoms with E-state index in [4.69, 9.17) is 0 Å². The molecule has 4 heteroatoms. The summed E-state index contributed by atoms with van der Waals surface area (Å²) in [4.78, 5) is 7.10. The van der Waals surface area contributed by atoms with Gasteiger partial charge in [-0.3, -0.25) is 0 Å². The molecule has 3 rings (SSSR count). The molecule has 2 aromatic rings. The highest BCUT2D eigenvalue weighted by molar-refractivity contribution is 7.99. The van der Waals surface area contributed by atoms with E-state index in [2.05, 4.69) is 67.2 Å². The van der Waals surface area contributed by atoms with Crippen molar-refractivity contribution in [2.45, 2.75) is 16.7 Å². The molecule has 1 aliphatic heterocycles. The van der Waals surface area contributed by atoms with Crippen LogP contribution in [0.1, 0.15) is 12.5 Å². The van der Waals surface area contributed by atoms with E-state index in [0.717, 1.165) is 18.8 Å². The third-order valence-corrected chi connectivity index (χ3v) is 5.06. The van der Waals surface area contributed by atoms with Crippen LogP contribution in [-0.2, 0) is 0 Å². The van der Waals surface area contributed by atoms with Crippen molar-refractivity contribution in [1.29, 1.82) is 5.26 Å². The monoisotopic (exact) mass is 323 g/mol. The van der Waals surface area contributed by atoms with Gasteiger partial charge in [-0.15, -0.1) is 0 Å². The van der Waals surface area contributed by atoms with Crippen LogP contribution in [-0.4, -0.2) is 32.1 Å². The van der Waals surface area contributed by atoms with E-state index in [1.165, 1.54) is 15.5 Å². The van der Waals surface area contributed by atoms with Crippen LogP contribution in [0.25, 0.3) is 0 Å². The van der Waals surface area contributed by atoms with Gasteiger partial charge in [-0.05, 0) is 50.3 Å². The van der Waals surface area contributed by atoms with E-state index in [9.17, 15) is 5.26 Å². The van der Waals surface area contributed by atoms with Crippen molar-refractivity contribution in [3.05, 3.63) is 48.0 Å². The van der Waals surface area contributed by atoms with Crippen molar-refractivity contribution in [2.24, 2.45) is 5.92 Å². The van der Waals surface area contributed by atoms with Crippen molar-refractivity contribution in [3.8, 4) is 6.07 Å². The minimum Gasteiger partial charge on any atom is -0.339 e. The number of rotatable bonds is 4. The highest BCUT2D eigenvalue weighted by Gasteiger charge is 2.24. The quantitative estimate of drug-likeness (QED) is 0.836. The first-order valence-corrected chi connectivity index (χ1v) is 8.63. The summed E-state index contributed by atoms with van der Waals surface area (Å²) in [7, 11) is 4.22. The summed E-state index contributed by atoms with van der Waals surface area (Å²) in [5.41, 5.74) is 3.11. The molecule has 0 aliphatic carbocycles. The molecule has 3 nitrogen and oxygen atoms in total. The predicted molar refractivity (Wildman–Crippen MR) is 96.4 cm³/mol. The smallest absolute Gasteiger partial charge is 0.0992 e. The van der Waals surface area contributed by atoms with E-state index in [-0.39, 0.29) is 0 Å². The number of nitrogens with zero attached hydrogens (tertiary/aromatic N) is 3. The molecule has 0 fully saturated rings. The highest BCUT2D eigenvalue weighted by Crippen LogP contribution is 2.48. The zero-order chi connectivity index (χ0) is 16.4. The molecular weight excluding hydrogens is 302 g/mol. The maximum Gasteiger partial charge on any atom is 0.0992 e. The highest BCUT2D eigenvalue weighted by atomic mass is 32.2. The number of hydrogen-bond donors (Lipinski definition) is 0. The van der Waals surface area contributed by atoms with Gasteiger partial charge in [0, 0.05) is 22.9 Å². The lowest BCUT2D eigenvalue weighted by molar-refractivity contribution is 0.343. The minimum atomic E-state index is 0.528. The molecule has 0 aromatic heterocycles. The van der Waals surface area contributed by atoms with E-state index in [1.54, 1.807) is 11.8 Å². The van der Waals surface area contributed by atoms with Gasteiger partial charge in [0.25, 0.3) is 0 Å². The lowest BCUT2D eigenvalue weighted by Crippen LogP contribution is -2.31. The lowest BCUT2D eigenvalue weighted by atomic mass is 10.1. The van der Waals surface area contributed by atoms with Crippen LogP contribution in [0, 0.1) is 17.2 Å². The van der Waals surface area contributed by atoms with E-state index in [1.807, 2.05) is 12.1 Å². The van der Waals surface area contributed by atoms with Crippen LogP contribution in [0.2, 0.25) is 0 Å². The predicted octanol–water partition coefficient (Wildman–Crippen LogP) is 4.36. The number of fused-ring (bicyclic) bond motifs is 2. The summed E-state index contributed by atoms with van der Waals surface area (Å²) < 4.78 is 0. The molecule has 1 heterocycles. The molecule has 1 aliphatic rings. The maximum atomic E-state index is 9.24. The summed E-state index contributed by atoms with van der Waals surface area (Å²) in [5.74, 6) is 0.528. The number of hydrogen-bond acceptors (Lipinski definition) is 4. The Hall–Kier alpha value is -1.96. The molecule has 0 saturated carbocycles. The Morgan fingerprint density at radius 3 is 2.61 bits per heavy atom. The van der Waals surface area contributed by atoms with Gasteiger partial charge in [-0.1, -0.05) is 30.8 Å². The van der Waals surface area contributed by atoms with E-state index in [0.29, 0.717) is 11.5 Å². The van der Waals surface area contributed by atoms with Gasteiger partial charge in [0.05, 0.1) is 23.0 Å². The van der Waals surface area contributed by atoms with E-state index < -0.39 is 0 Å². The molecule has 0 saturated heterocycles.